The second-order valence-corrected chi connectivity index (χ2v) is 8.72. The van der Waals surface area contributed by atoms with Crippen molar-refractivity contribution in [3.63, 3.8) is 0 Å². The lowest BCUT2D eigenvalue weighted by Gasteiger charge is -2.17. The maximum absolute atomic E-state index is 6.60. The number of hydrogen-bond acceptors (Lipinski definition) is 2. The third-order valence-electron chi connectivity index (χ3n) is 3.49. The number of benzene rings is 1. The Kier molecular flexibility index (Phi) is 3.56. The summed E-state index contributed by atoms with van der Waals surface area (Å²) in [4.78, 5) is 0. The van der Waals surface area contributed by atoms with Gasteiger partial charge in [-0.3, -0.25) is 0 Å². The molecule has 4 heteroatoms. The van der Waals surface area contributed by atoms with Crippen LogP contribution in [0, 0.1) is 2.88 Å². The molecule has 0 N–H and O–H groups in total. The second-order valence-electron chi connectivity index (χ2n) is 5.47. The van der Waals surface area contributed by atoms with E-state index in [0.29, 0.717) is 0 Å². The predicted molar refractivity (Wildman–Crippen MR) is 89.7 cm³/mol. The molecule has 1 unspecified atom stereocenters. The molecule has 1 aromatic heterocycles. The highest BCUT2D eigenvalue weighted by Gasteiger charge is 2.32. The van der Waals surface area contributed by atoms with Crippen molar-refractivity contribution in [1.82, 2.24) is 0 Å². The van der Waals surface area contributed by atoms with E-state index in [1.807, 2.05) is 6.07 Å². The molecule has 0 amide bonds. The first-order valence-electron chi connectivity index (χ1n) is 6.12. The van der Waals surface area contributed by atoms with Crippen molar-refractivity contribution in [1.29, 1.82) is 0 Å². The Morgan fingerprint density at radius 3 is 2.79 bits per heavy atom. The van der Waals surface area contributed by atoms with Gasteiger partial charge in [0.1, 0.15) is 5.75 Å². The zero-order chi connectivity index (χ0) is 13.6. The number of alkyl halides is 1. The Labute approximate surface area is 136 Å². The first-order valence-corrected chi connectivity index (χ1v) is 8.52. The third kappa shape index (κ3) is 2.52. The minimum absolute atomic E-state index is 0.0744. The van der Waals surface area contributed by atoms with Crippen LogP contribution in [0.4, 0.5) is 0 Å². The molecule has 0 radical (unpaired) electrons. The van der Waals surface area contributed by atoms with E-state index in [1.165, 1.54) is 14.0 Å². The third-order valence-corrected chi connectivity index (χ3v) is 5.81. The van der Waals surface area contributed by atoms with Crippen molar-refractivity contribution in [3.8, 4) is 5.75 Å². The number of fused-ring (bicyclic) bond motifs is 1. The number of thiophene rings is 1. The number of halogens is 2. The summed E-state index contributed by atoms with van der Waals surface area (Å²) in [6, 6.07) is 8.47. The molecule has 1 aliphatic heterocycles. The summed E-state index contributed by atoms with van der Waals surface area (Å²) in [6.45, 7) is 5.16. The SMILES string of the molecule is CC1(C)COc2ccc(C(Cl)c3csc(I)c3)cc21. The topological polar surface area (TPSA) is 9.23 Å². The van der Waals surface area contributed by atoms with E-state index in [2.05, 4.69) is 60.0 Å². The van der Waals surface area contributed by atoms with Gasteiger partial charge in [0.25, 0.3) is 0 Å². The first-order chi connectivity index (χ1) is 8.97. The van der Waals surface area contributed by atoms with Gasteiger partial charge in [-0.05, 0) is 57.3 Å². The molecule has 100 valence electrons. The van der Waals surface area contributed by atoms with E-state index in [9.17, 15) is 0 Å². The van der Waals surface area contributed by atoms with Gasteiger partial charge in [-0.2, -0.15) is 0 Å². The fourth-order valence-electron chi connectivity index (χ4n) is 2.34. The van der Waals surface area contributed by atoms with E-state index < -0.39 is 0 Å². The molecule has 1 aliphatic rings. The molecular weight excluding hydrogens is 391 g/mol. The van der Waals surface area contributed by atoms with Crippen LogP contribution in [-0.2, 0) is 5.41 Å². The second kappa shape index (κ2) is 4.93. The summed E-state index contributed by atoms with van der Waals surface area (Å²) < 4.78 is 6.98. The monoisotopic (exact) mass is 404 g/mol. The van der Waals surface area contributed by atoms with Crippen molar-refractivity contribution in [2.45, 2.75) is 24.6 Å². The molecular formula is C15H14ClIOS. The molecule has 2 heterocycles. The Hall–Kier alpha value is -0.260. The number of hydrogen-bond donors (Lipinski definition) is 0. The minimum atomic E-state index is -0.0820. The van der Waals surface area contributed by atoms with Crippen LogP contribution in [0.25, 0.3) is 0 Å². The van der Waals surface area contributed by atoms with E-state index in [4.69, 9.17) is 16.3 Å². The van der Waals surface area contributed by atoms with Crippen molar-refractivity contribution in [2.24, 2.45) is 0 Å². The Bertz CT molecular complexity index is 620. The molecule has 3 rings (SSSR count). The van der Waals surface area contributed by atoms with Crippen molar-refractivity contribution >= 4 is 45.5 Å². The lowest BCUT2D eigenvalue weighted by Crippen LogP contribution is -2.18. The Balaban J connectivity index is 1.99. The van der Waals surface area contributed by atoms with Gasteiger partial charge in [0, 0.05) is 11.0 Å². The van der Waals surface area contributed by atoms with Gasteiger partial charge in [0.05, 0.1) is 14.9 Å². The van der Waals surface area contributed by atoms with Crippen LogP contribution < -0.4 is 4.74 Å². The Morgan fingerprint density at radius 2 is 2.11 bits per heavy atom. The first kappa shape index (κ1) is 13.7. The summed E-state index contributed by atoms with van der Waals surface area (Å²) in [5, 5.41) is 2.05. The maximum atomic E-state index is 6.60. The fourth-order valence-corrected chi connectivity index (χ4v) is 4.08. The zero-order valence-electron chi connectivity index (χ0n) is 10.7. The predicted octanol–water partition coefficient (Wildman–Crippen LogP) is 5.35. The molecule has 0 saturated carbocycles. The molecule has 2 aromatic rings. The molecule has 1 atom stereocenters. The van der Waals surface area contributed by atoms with E-state index in [0.717, 1.165) is 17.9 Å². The molecule has 0 saturated heterocycles. The van der Waals surface area contributed by atoms with Crippen LogP contribution in [-0.4, -0.2) is 6.61 Å². The van der Waals surface area contributed by atoms with Gasteiger partial charge >= 0.3 is 0 Å². The van der Waals surface area contributed by atoms with Crippen LogP contribution in [0.3, 0.4) is 0 Å². The highest BCUT2D eigenvalue weighted by molar-refractivity contribution is 14.1. The zero-order valence-corrected chi connectivity index (χ0v) is 14.5. The highest BCUT2D eigenvalue weighted by atomic mass is 127. The van der Waals surface area contributed by atoms with Gasteiger partial charge in [-0.15, -0.1) is 22.9 Å². The van der Waals surface area contributed by atoms with Crippen LogP contribution in [0.1, 0.15) is 35.9 Å². The largest absolute Gasteiger partial charge is 0.492 e. The average Bonchev–Trinajstić information content (AvgIpc) is 2.93. The van der Waals surface area contributed by atoms with Crippen LogP contribution >= 0.6 is 45.5 Å². The van der Waals surface area contributed by atoms with Crippen LogP contribution in [0.5, 0.6) is 5.75 Å². The van der Waals surface area contributed by atoms with Gasteiger partial charge in [0.15, 0.2) is 0 Å². The van der Waals surface area contributed by atoms with E-state index in [-0.39, 0.29) is 10.8 Å². The molecule has 1 nitrogen and oxygen atoms in total. The van der Waals surface area contributed by atoms with Gasteiger partial charge in [-0.1, -0.05) is 19.9 Å². The van der Waals surface area contributed by atoms with E-state index in [1.54, 1.807) is 11.3 Å². The molecule has 19 heavy (non-hydrogen) atoms. The van der Waals surface area contributed by atoms with Crippen molar-refractivity contribution in [2.75, 3.05) is 6.61 Å². The van der Waals surface area contributed by atoms with Gasteiger partial charge < -0.3 is 4.74 Å². The summed E-state index contributed by atoms with van der Waals surface area (Å²) in [5.74, 6) is 0.998. The van der Waals surface area contributed by atoms with Crippen molar-refractivity contribution in [3.05, 3.63) is 49.2 Å². The fraction of sp³-hybridized carbons (Fsp3) is 0.333. The van der Waals surface area contributed by atoms with Crippen LogP contribution in [0.2, 0.25) is 0 Å². The molecule has 0 spiro atoms. The lowest BCUT2D eigenvalue weighted by molar-refractivity contribution is 0.291. The number of ether oxygens (including phenoxy) is 1. The minimum Gasteiger partial charge on any atom is -0.492 e. The smallest absolute Gasteiger partial charge is 0.123 e. The standard InChI is InChI=1S/C15H14ClIOS/c1-15(2)8-18-12-4-3-9(5-11(12)15)14(16)10-6-13(17)19-7-10/h3-7,14H,8H2,1-2H3. The summed E-state index contributed by atoms with van der Waals surface area (Å²) >= 11 is 10.7. The lowest BCUT2D eigenvalue weighted by atomic mass is 9.85. The van der Waals surface area contributed by atoms with E-state index >= 15 is 0 Å². The summed E-state index contributed by atoms with van der Waals surface area (Å²) in [7, 11) is 0. The highest BCUT2D eigenvalue weighted by Crippen LogP contribution is 2.41. The molecule has 0 bridgehead atoms. The summed E-state index contributed by atoms with van der Waals surface area (Å²) in [6.07, 6.45) is 0. The molecule has 0 aliphatic carbocycles. The average molecular weight is 405 g/mol. The van der Waals surface area contributed by atoms with Crippen LogP contribution in [0.15, 0.2) is 29.6 Å². The maximum Gasteiger partial charge on any atom is 0.123 e. The van der Waals surface area contributed by atoms with Crippen molar-refractivity contribution < 1.29 is 4.74 Å². The quantitative estimate of drug-likeness (QED) is 0.484. The number of rotatable bonds is 2. The molecule has 1 aromatic carbocycles. The van der Waals surface area contributed by atoms with Gasteiger partial charge in [-0.25, -0.2) is 0 Å². The normalized spacial score (nSPS) is 17.9. The molecule has 0 fully saturated rings. The van der Waals surface area contributed by atoms with Gasteiger partial charge in [0.2, 0.25) is 0 Å². The Morgan fingerprint density at radius 1 is 1.32 bits per heavy atom. The summed E-state index contributed by atoms with van der Waals surface area (Å²) in [5.41, 5.74) is 3.66.